The molecule has 44 heavy (non-hydrogen) atoms. The lowest BCUT2D eigenvalue weighted by Crippen LogP contribution is -2.43. The molecule has 4 atom stereocenters. The number of benzene rings is 2. The Kier molecular flexibility index (Phi) is 5.85. The van der Waals surface area contributed by atoms with Crippen LogP contribution in [0, 0.1) is 24.0 Å². The molecule has 1 saturated carbocycles. The monoisotopic (exact) mass is 603 g/mol. The molecule has 0 unspecified atom stereocenters. The molecule has 4 aliphatic rings. The Morgan fingerprint density at radius 1 is 1.23 bits per heavy atom. The summed E-state index contributed by atoms with van der Waals surface area (Å²) in [5.74, 6) is 0.854. The van der Waals surface area contributed by atoms with E-state index in [1.165, 1.54) is 30.5 Å². The Morgan fingerprint density at radius 2 is 2.11 bits per heavy atom. The number of halogens is 3. The van der Waals surface area contributed by atoms with Crippen LogP contribution >= 0.6 is 0 Å². The van der Waals surface area contributed by atoms with Gasteiger partial charge >= 0.3 is 6.01 Å². The first-order valence-corrected chi connectivity index (χ1v) is 14.8. The number of rotatable bonds is 5. The number of phenolic OH excluding ortho intramolecular Hbond substituents is 1. The second kappa shape index (κ2) is 10.2. The van der Waals surface area contributed by atoms with Crippen molar-refractivity contribution >= 4 is 27.5 Å². The molecule has 0 spiro atoms. The van der Waals surface area contributed by atoms with Crippen molar-refractivity contribution < 1.29 is 30.5 Å². The summed E-state index contributed by atoms with van der Waals surface area (Å²) in [5.41, 5.74) is -1.70. The van der Waals surface area contributed by atoms with Crippen LogP contribution in [0.1, 0.15) is 40.4 Å². The molecule has 0 radical (unpaired) electrons. The summed E-state index contributed by atoms with van der Waals surface area (Å²) in [6.45, 7) is -0.625. The van der Waals surface area contributed by atoms with E-state index in [0.29, 0.717) is 50.2 Å². The Hall–Kier alpha value is -4.14. The van der Waals surface area contributed by atoms with Gasteiger partial charge in [0.25, 0.3) is 0 Å². The van der Waals surface area contributed by atoms with Crippen molar-refractivity contribution in [3.05, 3.63) is 47.7 Å². The van der Waals surface area contributed by atoms with Crippen LogP contribution in [0.5, 0.6) is 11.8 Å². The standard InChI is InChI=1S/C33H30F3N5O3/c1-2-21-24(35)6-5-18-11-20(42)12-22(27(18)21)29-28(36)30-23(15-37-29)31(41-9-4-10-43-26-13-25(26)41)39-32(38-30)44-17-33-7-3-8-40(33)16-19(34)14-33/h1,5-6,11-12,15,19,25-26,42H,3-4,7-10,13-14,16-17H2/t19-,25+,26-,33+/m1/s1/i17D2. The number of hydrogen-bond donors (Lipinski definition) is 1. The van der Waals surface area contributed by atoms with Crippen molar-refractivity contribution in [3.8, 4) is 35.4 Å². The van der Waals surface area contributed by atoms with E-state index in [0.717, 1.165) is 6.42 Å². The van der Waals surface area contributed by atoms with Crippen LogP contribution in [0.4, 0.5) is 19.0 Å². The second-order valence-electron chi connectivity index (χ2n) is 12.0. The maximum absolute atomic E-state index is 16.8. The summed E-state index contributed by atoms with van der Waals surface area (Å²) >= 11 is 0. The van der Waals surface area contributed by atoms with E-state index >= 15 is 4.39 Å². The molecule has 0 bridgehead atoms. The van der Waals surface area contributed by atoms with Gasteiger partial charge in [0.05, 0.1) is 31.4 Å². The molecule has 5 heterocycles. The second-order valence-corrected chi connectivity index (χ2v) is 12.0. The van der Waals surface area contributed by atoms with E-state index in [-0.39, 0.29) is 64.0 Å². The Balaban J connectivity index is 1.32. The minimum absolute atomic E-state index is 0.0120. The number of nitrogens with zero attached hydrogens (tertiary/aromatic N) is 5. The van der Waals surface area contributed by atoms with Crippen molar-refractivity contribution in [1.29, 1.82) is 0 Å². The summed E-state index contributed by atoms with van der Waals surface area (Å²) in [5, 5.41) is 11.4. The highest BCUT2D eigenvalue weighted by atomic mass is 19.1. The fourth-order valence-electron chi connectivity index (χ4n) is 7.19. The summed E-state index contributed by atoms with van der Waals surface area (Å²) < 4.78 is 76.1. The van der Waals surface area contributed by atoms with Gasteiger partial charge in [0, 0.05) is 43.3 Å². The van der Waals surface area contributed by atoms with E-state index in [1.54, 1.807) is 4.90 Å². The van der Waals surface area contributed by atoms with Crippen molar-refractivity contribution in [2.45, 2.75) is 56.0 Å². The van der Waals surface area contributed by atoms with Gasteiger partial charge in [-0.05, 0) is 55.8 Å². The lowest BCUT2D eigenvalue weighted by atomic mass is 9.95. The van der Waals surface area contributed by atoms with E-state index in [4.69, 9.17) is 18.6 Å². The van der Waals surface area contributed by atoms with Gasteiger partial charge in [-0.15, -0.1) is 6.42 Å². The van der Waals surface area contributed by atoms with Gasteiger partial charge in [0.1, 0.15) is 41.3 Å². The molecule has 8 nitrogen and oxygen atoms in total. The number of pyridine rings is 1. The third-order valence-electron chi connectivity index (χ3n) is 9.28. The highest BCUT2D eigenvalue weighted by Gasteiger charge is 2.50. The number of aromatic nitrogens is 3. The van der Waals surface area contributed by atoms with Crippen LogP contribution in [0.15, 0.2) is 30.5 Å². The lowest BCUT2D eigenvalue weighted by molar-refractivity contribution is 0.107. The van der Waals surface area contributed by atoms with Gasteiger partial charge in [0.15, 0.2) is 5.82 Å². The largest absolute Gasteiger partial charge is 0.508 e. The third-order valence-corrected chi connectivity index (χ3v) is 9.28. The first kappa shape index (κ1) is 25.2. The summed E-state index contributed by atoms with van der Waals surface area (Å²) in [6, 6.07) is 4.86. The first-order valence-electron chi connectivity index (χ1n) is 15.8. The predicted octanol–water partition coefficient (Wildman–Crippen LogP) is 5.13. The van der Waals surface area contributed by atoms with Gasteiger partial charge in [-0.25, -0.2) is 13.2 Å². The topological polar surface area (TPSA) is 83.8 Å². The molecule has 1 N–H and O–H groups in total. The zero-order chi connectivity index (χ0) is 32.0. The minimum atomic E-state index is -2.40. The van der Waals surface area contributed by atoms with Crippen LogP contribution in [0.25, 0.3) is 32.9 Å². The molecular weight excluding hydrogens is 571 g/mol. The number of terminal acetylenes is 1. The average Bonchev–Trinajstić information content (AvgIpc) is 3.59. The number of phenols is 1. The molecule has 0 amide bonds. The van der Waals surface area contributed by atoms with Crippen molar-refractivity contribution in [1.82, 2.24) is 19.9 Å². The Labute approximate surface area is 254 Å². The van der Waals surface area contributed by atoms with Crippen LogP contribution in [0.3, 0.4) is 0 Å². The average molecular weight is 604 g/mol. The predicted molar refractivity (Wildman–Crippen MR) is 158 cm³/mol. The van der Waals surface area contributed by atoms with E-state index in [1.807, 2.05) is 4.90 Å². The molecule has 4 fully saturated rings. The molecule has 226 valence electrons. The Morgan fingerprint density at radius 3 is 2.98 bits per heavy atom. The number of ether oxygens (including phenoxy) is 2. The molecule has 2 aromatic carbocycles. The van der Waals surface area contributed by atoms with Gasteiger partial charge in [0.2, 0.25) is 0 Å². The number of fused-ring (bicyclic) bond motifs is 4. The van der Waals surface area contributed by atoms with Crippen molar-refractivity contribution in [3.63, 3.8) is 0 Å². The number of alkyl halides is 1. The SMILES string of the molecule is [2H]C([2H])(Oc1nc(N2CCCO[C@@H]3C[C@@H]32)c2cnc(-c3cc(O)cc4ccc(F)c(C#C)c34)c(F)c2n1)[C@@]12CCCN1C[C@H](F)C2. The highest BCUT2D eigenvalue weighted by molar-refractivity contribution is 6.03. The Bertz CT molecular complexity index is 1960. The molecule has 11 heteroatoms. The normalized spacial score (nSPS) is 27.4. The maximum Gasteiger partial charge on any atom is 0.319 e. The smallest absolute Gasteiger partial charge is 0.319 e. The summed E-state index contributed by atoms with van der Waals surface area (Å²) in [6.07, 6.45) is 8.36. The van der Waals surface area contributed by atoms with E-state index in [9.17, 15) is 13.9 Å². The minimum Gasteiger partial charge on any atom is -0.508 e. The number of hydrogen-bond acceptors (Lipinski definition) is 8. The van der Waals surface area contributed by atoms with Crippen LogP contribution in [-0.2, 0) is 4.74 Å². The molecule has 1 aliphatic carbocycles. The van der Waals surface area contributed by atoms with Crippen LogP contribution in [0.2, 0.25) is 0 Å². The lowest BCUT2D eigenvalue weighted by Gasteiger charge is -2.31. The quantitative estimate of drug-likeness (QED) is 0.315. The molecule has 8 rings (SSSR count). The van der Waals surface area contributed by atoms with Crippen LogP contribution < -0.4 is 9.64 Å². The third kappa shape index (κ3) is 4.34. The maximum atomic E-state index is 16.8. The zero-order valence-electron chi connectivity index (χ0n) is 25.7. The van der Waals surface area contributed by atoms with Crippen LogP contribution in [-0.4, -0.2) is 81.6 Å². The fourth-order valence-corrected chi connectivity index (χ4v) is 7.19. The molecule has 4 aromatic rings. The molecule has 3 aliphatic heterocycles. The summed E-state index contributed by atoms with van der Waals surface area (Å²) in [7, 11) is 0. The van der Waals surface area contributed by atoms with E-state index in [2.05, 4.69) is 20.9 Å². The number of aromatic hydroxyl groups is 1. The van der Waals surface area contributed by atoms with Crippen molar-refractivity contribution in [2.75, 3.05) is 37.7 Å². The highest BCUT2D eigenvalue weighted by Crippen LogP contribution is 2.43. The van der Waals surface area contributed by atoms with Gasteiger partial charge in [-0.2, -0.15) is 9.97 Å². The number of anilines is 1. The fraction of sp³-hybridized carbons (Fsp3) is 0.424. The zero-order valence-corrected chi connectivity index (χ0v) is 23.7. The van der Waals surface area contributed by atoms with Gasteiger partial charge in [-0.1, -0.05) is 12.0 Å². The molecular formula is C33H30F3N5O3. The van der Waals surface area contributed by atoms with E-state index < -0.39 is 35.9 Å². The molecule has 2 aromatic heterocycles. The summed E-state index contributed by atoms with van der Waals surface area (Å²) in [4.78, 5) is 17.2. The first-order chi connectivity index (χ1) is 22.1. The molecule has 3 saturated heterocycles. The van der Waals surface area contributed by atoms with Gasteiger partial charge in [-0.3, -0.25) is 9.88 Å². The van der Waals surface area contributed by atoms with Gasteiger partial charge < -0.3 is 19.5 Å². The van der Waals surface area contributed by atoms with Crippen molar-refractivity contribution in [2.24, 2.45) is 0 Å².